The largest absolute Gasteiger partial charge is 0.494 e. The molecule has 0 aliphatic carbocycles. The monoisotopic (exact) mass is 518 g/mol. The number of hydrogen-bond donors (Lipinski definition) is 1. The fraction of sp³-hybridized carbons (Fsp3) is 0.179. The highest BCUT2D eigenvalue weighted by molar-refractivity contribution is 6.30. The van der Waals surface area contributed by atoms with Crippen molar-refractivity contribution in [1.29, 1.82) is 0 Å². The van der Waals surface area contributed by atoms with Crippen molar-refractivity contribution in [1.82, 2.24) is 0 Å². The van der Waals surface area contributed by atoms with Crippen LogP contribution >= 0.6 is 11.6 Å². The van der Waals surface area contributed by atoms with Crippen LogP contribution in [-0.4, -0.2) is 31.6 Å². The van der Waals surface area contributed by atoms with Gasteiger partial charge in [-0.25, -0.2) is 4.79 Å². The number of carbonyl (C=O) groups excluding carboxylic acids is 2. The topological polar surface area (TPSA) is 98.1 Å². The van der Waals surface area contributed by atoms with Crippen molar-refractivity contribution in [2.24, 2.45) is 0 Å². The molecule has 0 spiro atoms. The third kappa shape index (κ3) is 5.59. The van der Waals surface area contributed by atoms with Crippen LogP contribution in [0.2, 0.25) is 5.02 Å². The van der Waals surface area contributed by atoms with Gasteiger partial charge in [0.05, 0.1) is 12.3 Å². The lowest BCUT2D eigenvalue weighted by Gasteiger charge is -2.30. The molecule has 9 heteroatoms. The van der Waals surface area contributed by atoms with Crippen LogP contribution in [-0.2, 0) is 4.79 Å². The molecule has 1 N–H and O–H groups in total. The second-order valence-corrected chi connectivity index (χ2v) is 8.90. The van der Waals surface area contributed by atoms with Gasteiger partial charge in [0.2, 0.25) is 0 Å². The maximum absolute atomic E-state index is 12.9. The van der Waals surface area contributed by atoms with E-state index in [1.807, 2.05) is 12.1 Å². The molecular weight excluding hydrogens is 496 g/mol. The van der Waals surface area contributed by atoms with Crippen molar-refractivity contribution in [3.05, 3.63) is 93.8 Å². The Morgan fingerprint density at radius 3 is 2.65 bits per heavy atom. The molecule has 3 aromatic carbocycles. The molecular formula is C28H23ClN2O6. The van der Waals surface area contributed by atoms with Crippen molar-refractivity contribution in [3.8, 4) is 11.5 Å². The van der Waals surface area contributed by atoms with Crippen molar-refractivity contribution >= 4 is 45.8 Å². The van der Waals surface area contributed by atoms with E-state index in [-0.39, 0.29) is 18.1 Å². The quantitative estimate of drug-likeness (QED) is 0.251. The highest BCUT2D eigenvalue weighted by Crippen LogP contribution is 2.35. The van der Waals surface area contributed by atoms with Gasteiger partial charge in [-0.1, -0.05) is 29.8 Å². The number of anilines is 2. The number of amides is 2. The van der Waals surface area contributed by atoms with Gasteiger partial charge >= 0.3 is 5.63 Å². The molecule has 37 heavy (non-hydrogen) atoms. The predicted octanol–water partition coefficient (Wildman–Crippen LogP) is 5.28. The molecule has 188 valence electrons. The summed E-state index contributed by atoms with van der Waals surface area (Å²) >= 11 is 5.89. The number of unbranched alkanes of at least 4 members (excludes halogenated alkanes) is 1. The lowest BCUT2D eigenvalue weighted by molar-refractivity contribution is -0.121. The summed E-state index contributed by atoms with van der Waals surface area (Å²) < 4.78 is 16.6. The number of hydrogen-bond acceptors (Lipinski definition) is 6. The number of halogens is 1. The Labute approximate surface area is 217 Å². The van der Waals surface area contributed by atoms with Crippen LogP contribution in [0, 0.1) is 0 Å². The number of ether oxygens (including phenoxy) is 2. The third-order valence-electron chi connectivity index (χ3n) is 5.90. The Balaban J connectivity index is 1.25. The summed E-state index contributed by atoms with van der Waals surface area (Å²) in [5, 5.41) is 4.01. The van der Waals surface area contributed by atoms with Gasteiger partial charge in [-0.15, -0.1) is 0 Å². The molecule has 0 bridgehead atoms. The average Bonchev–Trinajstić information content (AvgIpc) is 2.90. The van der Waals surface area contributed by atoms with Crippen molar-refractivity contribution in [2.75, 3.05) is 30.0 Å². The fourth-order valence-electron chi connectivity index (χ4n) is 4.04. The summed E-state index contributed by atoms with van der Waals surface area (Å²) in [5.41, 5.74) is 0.544. The van der Waals surface area contributed by atoms with Gasteiger partial charge < -0.3 is 24.1 Å². The molecule has 0 saturated carbocycles. The van der Waals surface area contributed by atoms with Crippen LogP contribution in [0.4, 0.5) is 11.4 Å². The minimum atomic E-state index is -0.727. The normalized spacial score (nSPS) is 12.7. The number of nitrogens with one attached hydrogen (secondary N) is 1. The van der Waals surface area contributed by atoms with Gasteiger partial charge in [0.1, 0.15) is 22.6 Å². The number of benzene rings is 3. The first-order valence-corrected chi connectivity index (χ1v) is 12.2. The molecule has 0 unspecified atom stereocenters. The van der Waals surface area contributed by atoms with E-state index < -0.39 is 11.5 Å². The number of nitrogens with zero attached hydrogens (tertiary/aromatic N) is 1. The van der Waals surface area contributed by atoms with Gasteiger partial charge in [-0.3, -0.25) is 9.59 Å². The Hall–Kier alpha value is -4.30. The van der Waals surface area contributed by atoms with E-state index in [1.165, 1.54) is 6.07 Å². The average molecular weight is 519 g/mol. The predicted molar refractivity (Wildman–Crippen MR) is 141 cm³/mol. The second kappa shape index (κ2) is 10.8. The zero-order valence-corrected chi connectivity index (χ0v) is 20.5. The lowest BCUT2D eigenvalue weighted by atomic mass is 10.1. The molecule has 8 nitrogen and oxygen atoms in total. The summed E-state index contributed by atoms with van der Waals surface area (Å²) in [6.45, 7) is 0.903. The number of para-hydroxylation sites is 1. The zero-order chi connectivity index (χ0) is 25.8. The molecule has 0 fully saturated rings. The number of rotatable bonds is 8. The van der Waals surface area contributed by atoms with Gasteiger partial charge in [0.15, 0.2) is 6.61 Å². The van der Waals surface area contributed by atoms with E-state index in [1.54, 1.807) is 59.5 Å². The standard InChI is InChI=1S/C28H23ClN2O6/c29-19-7-10-21(11-8-19)35-14-4-3-13-31-23-16-20(9-12-25(23)36-17-26(31)32)30-27(33)22-15-18-5-1-2-6-24(18)37-28(22)34/h1-2,5-12,15-16H,3-4,13-14,17H2,(H,30,33). The van der Waals surface area contributed by atoms with E-state index in [4.69, 9.17) is 25.5 Å². The van der Waals surface area contributed by atoms with Crippen molar-refractivity contribution in [2.45, 2.75) is 12.8 Å². The molecule has 1 aliphatic heterocycles. The lowest BCUT2D eigenvalue weighted by Crippen LogP contribution is -2.39. The summed E-state index contributed by atoms with van der Waals surface area (Å²) in [7, 11) is 0. The number of fused-ring (bicyclic) bond motifs is 2. The SMILES string of the molecule is O=C(Nc1ccc2c(c1)N(CCCCOc1ccc(Cl)cc1)C(=O)CO2)c1cc2ccccc2oc1=O. The number of carbonyl (C=O) groups is 2. The summed E-state index contributed by atoms with van der Waals surface area (Å²) in [6, 6.07) is 20.6. The van der Waals surface area contributed by atoms with E-state index in [0.717, 1.165) is 12.2 Å². The maximum Gasteiger partial charge on any atom is 0.349 e. The molecule has 0 saturated heterocycles. The van der Waals surface area contributed by atoms with Crippen LogP contribution in [0.25, 0.3) is 11.0 Å². The smallest absolute Gasteiger partial charge is 0.349 e. The van der Waals surface area contributed by atoms with E-state index in [9.17, 15) is 14.4 Å². The Morgan fingerprint density at radius 2 is 1.81 bits per heavy atom. The van der Waals surface area contributed by atoms with Gasteiger partial charge in [0, 0.05) is 22.6 Å². The molecule has 2 heterocycles. The molecule has 0 atom stereocenters. The van der Waals surface area contributed by atoms with Crippen molar-refractivity contribution < 1.29 is 23.5 Å². The Morgan fingerprint density at radius 1 is 1.00 bits per heavy atom. The van der Waals surface area contributed by atoms with Gasteiger partial charge in [0.25, 0.3) is 11.8 Å². The first-order chi connectivity index (χ1) is 18.0. The molecule has 5 rings (SSSR count). The highest BCUT2D eigenvalue weighted by Gasteiger charge is 2.26. The van der Waals surface area contributed by atoms with Crippen molar-refractivity contribution in [3.63, 3.8) is 0 Å². The van der Waals surface area contributed by atoms with Gasteiger partial charge in [-0.2, -0.15) is 0 Å². The van der Waals surface area contributed by atoms with Gasteiger partial charge in [-0.05, 0) is 67.4 Å². The highest BCUT2D eigenvalue weighted by atomic mass is 35.5. The summed E-state index contributed by atoms with van der Waals surface area (Å²) in [5.74, 6) is 0.497. The van der Waals surface area contributed by atoms with Crippen LogP contribution in [0.1, 0.15) is 23.2 Å². The van der Waals surface area contributed by atoms with E-state index in [2.05, 4.69) is 5.32 Å². The summed E-state index contributed by atoms with van der Waals surface area (Å²) in [4.78, 5) is 39.5. The maximum atomic E-state index is 12.9. The van der Waals surface area contributed by atoms with Crippen LogP contribution < -0.4 is 25.3 Å². The van der Waals surface area contributed by atoms with E-state index >= 15 is 0 Å². The molecule has 1 aliphatic rings. The Bertz CT molecular complexity index is 1520. The first kappa shape index (κ1) is 24.4. The molecule has 2 amide bonds. The van der Waals surface area contributed by atoms with Crippen LogP contribution in [0.15, 0.2) is 82.0 Å². The first-order valence-electron chi connectivity index (χ1n) is 11.8. The molecule has 0 radical (unpaired) electrons. The minimum Gasteiger partial charge on any atom is -0.494 e. The molecule has 1 aromatic heterocycles. The van der Waals surface area contributed by atoms with E-state index in [0.29, 0.717) is 52.7 Å². The Kier molecular flexibility index (Phi) is 7.09. The fourth-order valence-corrected chi connectivity index (χ4v) is 4.16. The summed E-state index contributed by atoms with van der Waals surface area (Å²) in [6.07, 6.45) is 1.43. The minimum absolute atomic E-state index is 0.0574. The zero-order valence-electron chi connectivity index (χ0n) is 19.7. The third-order valence-corrected chi connectivity index (χ3v) is 6.16. The van der Waals surface area contributed by atoms with Crippen LogP contribution in [0.3, 0.4) is 0 Å². The van der Waals surface area contributed by atoms with Crippen LogP contribution in [0.5, 0.6) is 11.5 Å². The second-order valence-electron chi connectivity index (χ2n) is 8.47. The molecule has 4 aromatic rings.